The van der Waals surface area contributed by atoms with Crippen molar-refractivity contribution in [2.24, 2.45) is 0 Å². The zero-order valence-electron chi connectivity index (χ0n) is 10.8. The summed E-state index contributed by atoms with van der Waals surface area (Å²) in [6, 6.07) is 13.5. The van der Waals surface area contributed by atoms with Crippen LogP contribution in [-0.2, 0) is 0 Å². The molecule has 0 bridgehead atoms. The summed E-state index contributed by atoms with van der Waals surface area (Å²) in [5.41, 5.74) is 1.35. The van der Waals surface area contributed by atoms with Gasteiger partial charge in [-0.1, -0.05) is 18.2 Å². The van der Waals surface area contributed by atoms with Crippen molar-refractivity contribution >= 4 is 5.69 Å². The van der Waals surface area contributed by atoms with E-state index in [2.05, 4.69) is 5.32 Å². The number of nitriles is 2. The van der Waals surface area contributed by atoms with E-state index in [1.165, 1.54) is 18.3 Å². The maximum absolute atomic E-state index is 13.3. The van der Waals surface area contributed by atoms with Crippen LogP contribution in [-0.4, -0.2) is 0 Å². The normalized spacial score (nSPS) is 9.33. The summed E-state index contributed by atoms with van der Waals surface area (Å²) >= 11 is 0. The molecule has 102 valence electrons. The van der Waals surface area contributed by atoms with Crippen LogP contribution in [0.3, 0.4) is 0 Å². The van der Waals surface area contributed by atoms with Crippen LogP contribution in [0.15, 0.2) is 54.2 Å². The Morgan fingerprint density at radius 1 is 1.00 bits per heavy atom. The van der Waals surface area contributed by atoms with Crippen LogP contribution in [0.5, 0.6) is 0 Å². The van der Waals surface area contributed by atoms with Crippen molar-refractivity contribution in [1.82, 2.24) is 0 Å². The first-order chi connectivity index (χ1) is 10.1. The van der Waals surface area contributed by atoms with Gasteiger partial charge in [0, 0.05) is 23.5 Å². The van der Waals surface area contributed by atoms with Crippen LogP contribution in [0.25, 0.3) is 11.1 Å². The summed E-state index contributed by atoms with van der Waals surface area (Å²) in [7, 11) is 0. The Bertz CT molecular complexity index is 747. The molecule has 0 amide bonds. The molecular formula is C16H9F2N3. The molecule has 0 saturated heterocycles. The van der Waals surface area contributed by atoms with Gasteiger partial charge in [0.1, 0.15) is 29.3 Å². The summed E-state index contributed by atoms with van der Waals surface area (Å²) < 4.78 is 26.6. The lowest BCUT2D eigenvalue weighted by atomic mass is 10.0. The molecule has 0 radical (unpaired) electrons. The smallest absolute Gasteiger partial charge is 0.145 e. The molecule has 0 fully saturated rings. The van der Waals surface area contributed by atoms with Crippen molar-refractivity contribution in [1.29, 1.82) is 10.5 Å². The second-order valence-corrected chi connectivity index (χ2v) is 4.13. The zero-order valence-corrected chi connectivity index (χ0v) is 10.8. The van der Waals surface area contributed by atoms with E-state index < -0.39 is 11.6 Å². The second kappa shape index (κ2) is 6.31. The fourth-order valence-corrected chi connectivity index (χ4v) is 1.81. The van der Waals surface area contributed by atoms with Gasteiger partial charge in [0.15, 0.2) is 0 Å². The van der Waals surface area contributed by atoms with Crippen LogP contribution in [0.1, 0.15) is 0 Å². The highest BCUT2D eigenvalue weighted by Crippen LogP contribution is 2.29. The average Bonchev–Trinajstić information content (AvgIpc) is 2.47. The van der Waals surface area contributed by atoms with Crippen molar-refractivity contribution in [2.45, 2.75) is 0 Å². The third kappa shape index (κ3) is 3.43. The van der Waals surface area contributed by atoms with Gasteiger partial charge in [-0.15, -0.1) is 0 Å². The first-order valence-corrected chi connectivity index (χ1v) is 5.96. The van der Waals surface area contributed by atoms with Gasteiger partial charge in [-0.3, -0.25) is 0 Å². The number of allylic oxidation sites excluding steroid dienone is 1. The SMILES string of the molecule is N#CC(C#N)=CNc1ccccc1-c1cc(F)cc(F)c1. The van der Waals surface area contributed by atoms with Crippen molar-refractivity contribution in [3.8, 4) is 23.3 Å². The zero-order chi connectivity index (χ0) is 15.2. The third-order valence-electron chi connectivity index (χ3n) is 2.71. The first-order valence-electron chi connectivity index (χ1n) is 5.96. The molecule has 0 saturated carbocycles. The molecule has 0 aliphatic rings. The Hall–Kier alpha value is -3.18. The fourth-order valence-electron chi connectivity index (χ4n) is 1.81. The van der Waals surface area contributed by atoms with E-state index in [1.54, 1.807) is 36.4 Å². The Labute approximate surface area is 120 Å². The summed E-state index contributed by atoms with van der Waals surface area (Å²) in [6.07, 6.45) is 1.24. The highest BCUT2D eigenvalue weighted by atomic mass is 19.1. The van der Waals surface area contributed by atoms with Gasteiger partial charge >= 0.3 is 0 Å². The van der Waals surface area contributed by atoms with E-state index in [-0.39, 0.29) is 5.57 Å². The van der Waals surface area contributed by atoms with Crippen LogP contribution in [0.4, 0.5) is 14.5 Å². The maximum Gasteiger partial charge on any atom is 0.145 e. The van der Waals surface area contributed by atoms with Crippen LogP contribution in [0, 0.1) is 34.3 Å². The molecule has 0 heterocycles. The molecule has 5 heteroatoms. The van der Waals surface area contributed by atoms with Crippen LogP contribution in [0.2, 0.25) is 0 Å². The lowest BCUT2D eigenvalue weighted by molar-refractivity contribution is 0.584. The summed E-state index contributed by atoms with van der Waals surface area (Å²) in [4.78, 5) is 0. The van der Waals surface area contributed by atoms with E-state index in [4.69, 9.17) is 10.5 Å². The minimum atomic E-state index is -0.676. The van der Waals surface area contributed by atoms with Crippen molar-refractivity contribution in [2.75, 3.05) is 5.32 Å². The molecule has 0 spiro atoms. The maximum atomic E-state index is 13.3. The van der Waals surface area contributed by atoms with E-state index >= 15 is 0 Å². The van der Waals surface area contributed by atoms with Crippen molar-refractivity contribution < 1.29 is 8.78 Å². The highest BCUT2D eigenvalue weighted by molar-refractivity contribution is 5.78. The van der Waals surface area contributed by atoms with E-state index in [0.29, 0.717) is 16.8 Å². The average molecular weight is 281 g/mol. The number of hydrogen-bond donors (Lipinski definition) is 1. The largest absolute Gasteiger partial charge is 0.359 e. The fraction of sp³-hybridized carbons (Fsp3) is 0. The lowest BCUT2D eigenvalue weighted by Gasteiger charge is -2.09. The van der Waals surface area contributed by atoms with E-state index in [1.807, 2.05) is 0 Å². The van der Waals surface area contributed by atoms with Gasteiger partial charge in [0.25, 0.3) is 0 Å². The Morgan fingerprint density at radius 2 is 1.62 bits per heavy atom. The van der Waals surface area contributed by atoms with Crippen LogP contribution >= 0.6 is 0 Å². The molecule has 0 aliphatic carbocycles. The number of nitrogens with zero attached hydrogens (tertiary/aromatic N) is 2. The standard InChI is InChI=1S/C16H9F2N3/c17-13-5-12(6-14(18)7-13)15-3-1-2-4-16(15)21-10-11(8-19)9-20/h1-7,10,21H. The molecule has 3 nitrogen and oxygen atoms in total. The molecule has 0 aliphatic heterocycles. The molecule has 0 unspecified atom stereocenters. The number of hydrogen-bond acceptors (Lipinski definition) is 3. The van der Waals surface area contributed by atoms with Gasteiger partial charge in [0.05, 0.1) is 0 Å². The van der Waals surface area contributed by atoms with Gasteiger partial charge < -0.3 is 5.32 Å². The van der Waals surface area contributed by atoms with Gasteiger partial charge in [0.2, 0.25) is 0 Å². The Morgan fingerprint density at radius 3 is 2.24 bits per heavy atom. The summed E-state index contributed by atoms with van der Waals surface area (Å²) in [5.74, 6) is -1.35. The molecule has 2 aromatic rings. The highest BCUT2D eigenvalue weighted by Gasteiger charge is 2.07. The number of para-hydroxylation sites is 1. The Kier molecular flexibility index (Phi) is 4.28. The molecule has 0 atom stereocenters. The molecule has 2 aromatic carbocycles. The quantitative estimate of drug-likeness (QED) is 0.866. The van der Waals surface area contributed by atoms with Crippen LogP contribution < -0.4 is 5.32 Å². The van der Waals surface area contributed by atoms with E-state index in [0.717, 1.165) is 6.07 Å². The number of nitrogens with one attached hydrogen (secondary N) is 1. The second-order valence-electron chi connectivity index (χ2n) is 4.13. The summed E-state index contributed by atoms with van der Waals surface area (Å²) in [6.45, 7) is 0. The molecule has 2 rings (SSSR count). The molecule has 1 N–H and O–H groups in total. The number of benzene rings is 2. The summed E-state index contributed by atoms with van der Waals surface area (Å²) in [5, 5.41) is 20.2. The monoisotopic (exact) mass is 281 g/mol. The number of anilines is 1. The lowest BCUT2D eigenvalue weighted by Crippen LogP contribution is -1.94. The molecule has 21 heavy (non-hydrogen) atoms. The van der Waals surface area contributed by atoms with Crippen molar-refractivity contribution in [3.05, 3.63) is 65.9 Å². The molecule has 0 aromatic heterocycles. The topological polar surface area (TPSA) is 59.6 Å². The Balaban J connectivity index is 2.45. The van der Waals surface area contributed by atoms with E-state index in [9.17, 15) is 8.78 Å². The number of halogens is 2. The minimum absolute atomic E-state index is 0.102. The third-order valence-corrected chi connectivity index (χ3v) is 2.71. The first kappa shape index (κ1) is 14.2. The van der Waals surface area contributed by atoms with Gasteiger partial charge in [-0.05, 0) is 23.8 Å². The molecular weight excluding hydrogens is 272 g/mol. The van der Waals surface area contributed by atoms with Gasteiger partial charge in [-0.25, -0.2) is 8.78 Å². The minimum Gasteiger partial charge on any atom is -0.359 e. The predicted octanol–water partition coefficient (Wildman–Crippen LogP) is 3.97. The van der Waals surface area contributed by atoms with Crippen molar-refractivity contribution in [3.63, 3.8) is 0 Å². The number of rotatable bonds is 3. The van der Waals surface area contributed by atoms with Gasteiger partial charge in [-0.2, -0.15) is 10.5 Å². The predicted molar refractivity (Wildman–Crippen MR) is 74.7 cm³/mol.